The van der Waals surface area contributed by atoms with E-state index in [2.05, 4.69) is 19.9 Å². The molecule has 0 saturated heterocycles. The van der Waals surface area contributed by atoms with E-state index in [1.807, 2.05) is 0 Å². The normalized spacial score (nSPS) is 12.0. The third-order valence-corrected chi connectivity index (χ3v) is 1.10. The molecule has 0 nitrogen and oxygen atoms in total. The second-order valence-electron chi connectivity index (χ2n) is 2.04. The van der Waals surface area contributed by atoms with Gasteiger partial charge in [-0.05, 0) is 13.3 Å². The molecule has 0 spiro atoms. The molecule has 0 aromatic heterocycles. The van der Waals surface area contributed by atoms with Gasteiger partial charge < -0.3 is 0 Å². The Morgan fingerprint density at radius 2 is 2.25 bits per heavy atom. The minimum Gasteiger partial charge on any atom is -0.0864 e. The summed E-state index contributed by atoms with van der Waals surface area (Å²) in [5.74, 6) is 0. The molecule has 0 unspecified atom stereocenters. The van der Waals surface area contributed by atoms with Crippen molar-refractivity contribution in [1.82, 2.24) is 0 Å². The van der Waals surface area contributed by atoms with Crippen LogP contribution >= 0.6 is 0 Å². The molecule has 0 saturated carbocycles. The van der Waals surface area contributed by atoms with E-state index in [1.54, 1.807) is 0 Å². The van der Waals surface area contributed by atoms with Crippen LogP contribution in [0.4, 0.5) is 0 Å². The zero-order valence-electron chi connectivity index (χ0n) is 5.78. The maximum Gasteiger partial charge on any atom is 0.0711 e. The van der Waals surface area contributed by atoms with Gasteiger partial charge in [-0.15, -0.1) is 0 Å². The zero-order chi connectivity index (χ0) is 6.41. The van der Waals surface area contributed by atoms with Crippen LogP contribution < -0.4 is 0 Å². The van der Waals surface area contributed by atoms with Gasteiger partial charge in [0.1, 0.15) is 0 Å². The highest BCUT2D eigenvalue weighted by Crippen LogP contribution is 1.99. The lowest BCUT2D eigenvalue weighted by Gasteiger charge is -1.91. The van der Waals surface area contributed by atoms with Crippen LogP contribution in [0.15, 0.2) is 11.6 Å². The Balaban J connectivity index is 3.26. The Labute approximate surface area is 53.4 Å². The molecule has 0 bridgehead atoms. The van der Waals surface area contributed by atoms with Crippen molar-refractivity contribution < 1.29 is 0 Å². The number of allylic oxidation sites excluding steroid dienone is 2. The molecule has 0 aliphatic rings. The predicted octanol–water partition coefficient (Wildman–Crippen LogP) is 2.32. The van der Waals surface area contributed by atoms with Crippen LogP contribution in [0.25, 0.3) is 0 Å². The highest BCUT2D eigenvalue weighted by atomic mass is 13.8. The van der Waals surface area contributed by atoms with Crippen LogP contribution in [0.5, 0.6) is 0 Å². The number of hydrogen-bond acceptors (Lipinski definition) is 0. The quantitative estimate of drug-likeness (QED) is 0.384. The van der Waals surface area contributed by atoms with Crippen molar-refractivity contribution in [3.8, 4) is 0 Å². The molecule has 0 atom stereocenters. The molecular formula is C7H13B. The largest absolute Gasteiger partial charge is 0.0864 e. The van der Waals surface area contributed by atoms with Crippen molar-refractivity contribution in [2.75, 3.05) is 0 Å². The van der Waals surface area contributed by atoms with Crippen molar-refractivity contribution in [3.63, 3.8) is 0 Å². The first-order chi connectivity index (χ1) is 3.81. The number of hydrogen-bond donors (Lipinski definition) is 0. The van der Waals surface area contributed by atoms with Crippen molar-refractivity contribution in [1.29, 1.82) is 0 Å². The summed E-state index contributed by atoms with van der Waals surface area (Å²) < 4.78 is 0. The molecule has 0 heterocycles. The molecule has 0 fully saturated rings. The Morgan fingerprint density at radius 3 is 2.62 bits per heavy atom. The van der Waals surface area contributed by atoms with Gasteiger partial charge in [-0.25, -0.2) is 0 Å². The standard InChI is InChI=1S/C7H13B/c1-3-4-5-7(2)6-8/h5H,3-4,6H2,1-2H3. The average molecular weight is 108 g/mol. The van der Waals surface area contributed by atoms with Gasteiger partial charge in [0.25, 0.3) is 0 Å². The summed E-state index contributed by atoms with van der Waals surface area (Å²) in [7, 11) is 5.34. The lowest BCUT2D eigenvalue weighted by atomic mass is 9.97. The first-order valence-electron chi connectivity index (χ1n) is 3.17. The summed E-state index contributed by atoms with van der Waals surface area (Å²) >= 11 is 0. The van der Waals surface area contributed by atoms with Crippen LogP contribution in [0, 0.1) is 0 Å². The van der Waals surface area contributed by atoms with E-state index >= 15 is 0 Å². The third-order valence-electron chi connectivity index (χ3n) is 1.10. The summed E-state index contributed by atoms with van der Waals surface area (Å²) in [6.45, 7) is 4.23. The number of unbranched alkanes of at least 4 members (excludes halogenated alkanes) is 1. The van der Waals surface area contributed by atoms with E-state index in [0.717, 1.165) is 0 Å². The third kappa shape index (κ3) is 3.98. The summed E-state index contributed by atoms with van der Waals surface area (Å²) in [6.07, 6.45) is 5.29. The molecular weight excluding hydrogens is 94.9 g/mol. The van der Waals surface area contributed by atoms with Crippen LogP contribution in [0.2, 0.25) is 6.32 Å². The van der Waals surface area contributed by atoms with Gasteiger partial charge in [-0.3, -0.25) is 0 Å². The van der Waals surface area contributed by atoms with E-state index in [0.29, 0.717) is 6.32 Å². The molecule has 2 radical (unpaired) electrons. The highest BCUT2D eigenvalue weighted by Gasteiger charge is 1.79. The van der Waals surface area contributed by atoms with Gasteiger partial charge in [0.05, 0.1) is 7.85 Å². The fourth-order valence-electron chi connectivity index (χ4n) is 0.474. The lowest BCUT2D eigenvalue weighted by molar-refractivity contribution is 0.948. The molecule has 0 aromatic carbocycles. The molecule has 0 aliphatic carbocycles. The monoisotopic (exact) mass is 108 g/mol. The Kier molecular flexibility index (Phi) is 4.83. The zero-order valence-corrected chi connectivity index (χ0v) is 5.78. The van der Waals surface area contributed by atoms with E-state index < -0.39 is 0 Å². The molecule has 0 aromatic rings. The molecule has 0 amide bonds. The Bertz CT molecular complexity index is 74.5. The Morgan fingerprint density at radius 1 is 1.62 bits per heavy atom. The Hall–Kier alpha value is -0.195. The summed E-state index contributed by atoms with van der Waals surface area (Å²) in [5, 5.41) is 0. The second-order valence-corrected chi connectivity index (χ2v) is 2.04. The first-order valence-corrected chi connectivity index (χ1v) is 3.17. The summed E-state index contributed by atoms with van der Waals surface area (Å²) in [4.78, 5) is 0. The lowest BCUT2D eigenvalue weighted by Crippen LogP contribution is -1.72. The maximum atomic E-state index is 5.34. The van der Waals surface area contributed by atoms with Crippen molar-refractivity contribution >= 4 is 7.85 Å². The highest BCUT2D eigenvalue weighted by molar-refractivity contribution is 6.10. The van der Waals surface area contributed by atoms with E-state index in [4.69, 9.17) is 7.85 Å². The number of rotatable bonds is 3. The molecule has 8 heavy (non-hydrogen) atoms. The van der Waals surface area contributed by atoms with Gasteiger partial charge in [-0.1, -0.05) is 31.3 Å². The molecule has 0 aliphatic heterocycles. The van der Waals surface area contributed by atoms with Gasteiger partial charge in [0.2, 0.25) is 0 Å². The van der Waals surface area contributed by atoms with Crippen LogP contribution in [-0.2, 0) is 0 Å². The van der Waals surface area contributed by atoms with E-state index in [-0.39, 0.29) is 0 Å². The average Bonchev–Trinajstić information content (AvgIpc) is 1.83. The van der Waals surface area contributed by atoms with E-state index in [1.165, 1.54) is 18.4 Å². The molecule has 44 valence electrons. The van der Waals surface area contributed by atoms with Crippen LogP contribution in [0.3, 0.4) is 0 Å². The van der Waals surface area contributed by atoms with E-state index in [9.17, 15) is 0 Å². The fraction of sp³-hybridized carbons (Fsp3) is 0.714. The molecule has 0 N–H and O–H groups in total. The second kappa shape index (κ2) is 4.95. The molecule has 0 rings (SSSR count). The van der Waals surface area contributed by atoms with Crippen LogP contribution in [-0.4, -0.2) is 7.85 Å². The molecule has 1 heteroatoms. The predicted molar refractivity (Wildman–Crippen MR) is 39.2 cm³/mol. The van der Waals surface area contributed by atoms with Gasteiger partial charge in [0, 0.05) is 0 Å². The SMILES string of the molecule is [B]CC(C)=CCCC. The fourth-order valence-corrected chi connectivity index (χ4v) is 0.474. The van der Waals surface area contributed by atoms with Crippen molar-refractivity contribution in [2.24, 2.45) is 0 Å². The minimum absolute atomic E-state index is 0.708. The smallest absolute Gasteiger partial charge is 0.0711 e. The maximum absolute atomic E-state index is 5.34. The van der Waals surface area contributed by atoms with Gasteiger partial charge in [0.15, 0.2) is 0 Å². The first kappa shape index (κ1) is 7.80. The minimum atomic E-state index is 0.708. The van der Waals surface area contributed by atoms with Crippen molar-refractivity contribution in [2.45, 2.75) is 33.0 Å². The van der Waals surface area contributed by atoms with Gasteiger partial charge in [-0.2, -0.15) is 0 Å². The summed E-state index contributed by atoms with van der Waals surface area (Å²) in [5.41, 5.74) is 1.30. The topological polar surface area (TPSA) is 0 Å². The van der Waals surface area contributed by atoms with Gasteiger partial charge >= 0.3 is 0 Å². The summed E-state index contributed by atoms with van der Waals surface area (Å²) in [6, 6.07) is 0. The van der Waals surface area contributed by atoms with Crippen molar-refractivity contribution in [3.05, 3.63) is 11.6 Å². The van der Waals surface area contributed by atoms with Crippen LogP contribution in [0.1, 0.15) is 26.7 Å².